The molecule has 1 aromatic carbocycles. The van der Waals surface area contributed by atoms with Crippen LogP contribution in [0.25, 0.3) is 5.57 Å². The minimum Gasteiger partial charge on any atom is -0.493 e. The molecule has 1 N–H and O–H groups in total. The fraction of sp³-hybridized carbons (Fsp3) is 0.0526. The molecule has 4 rings (SSSR count). The molecule has 0 unspecified atom stereocenters. The smallest absolute Gasteiger partial charge is 0.279 e. The van der Waals surface area contributed by atoms with Crippen molar-refractivity contribution in [2.24, 2.45) is 9.98 Å². The number of allylic oxidation sites excluding steroid dienone is 1. The summed E-state index contributed by atoms with van der Waals surface area (Å²) in [4.78, 5) is 26.1. The van der Waals surface area contributed by atoms with E-state index in [1.165, 1.54) is 11.3 Å². The van der Waals surface area contributed by atoms with E-state index in [0.29, 0.717) is 38.1 Å². The zero-order valence-corrected chi connectivity index (χ0v) is 14.5. The summed E-state index contributed by atoms with van der Waals surface area (Å²) in [5.41, 5.74) is 1.06. The van der Waals surface area contributed by atoms with Crippen LogP contribution in [0.1, 0.15) is 4.88 Å². The maximum Gasteiger partial charge on any atom is 0.279 e. The molecule has 1 amide bonds. The van der Waals surface area contributed by atoms with E-state index in [9.17, 15) is 9.90 Å². The molecule has 0 radical (unpaired) electrons. The largest absolute Gasteiger partial charge is 0.493 e. The number of nitrogens with zero attached hydrogens (tertiary/aromatic N) is 4. The molecular weight excluding hydrogens is 348 g/mol. The summed E-state index contributed by atoms with van der Waals surface area (Å²) in [7, 11) is 0. The molecule has 0 atom stereocenters. The molecule has 3 aromatic rings. The van der Waals surface area contributed by atoms with E-state index in [-0.39, 0.29) is 11.8 Å². The highest BCUT2D eigenvalue weighted by atomic mass is 32.1. The third-order valence-corrected chi connectivity index (χ3v) is 4.99. The zero-order valence-electron chi connectivity index (χ0n) is 13.7. The van der Waals surface area contributed by atoms with Crippen LogP contribution in [0.5, 0.6) is 5.88 Å². The van der Waals surface area contributed by atoms with Gasteiger partial charge >= 0.3 is 0 Å². The van der Waals surface area contributed by atoms with Crippen molar-refractivity contribution in [3.63, 3.8) is 0 Å². The first-order valence-corrected chi connectivity index (χ1v) is 8.71. The van der Waals surface area contributed by atoms with Crippen molar-refractivity contribution in [2.75, 3.05) is 0 Å². The number of hydrogen-bond donors (Lipinski definition) is 1. The maximum absolute atomic E-state index is 12.4. The van der Waals surface area contributed by atoms with Gasteiger partial charge in [-0.2, -0.15) is 0 Å². The van der Waals surface area contributed by atoms with Gasteiger partial charge in [-0.05, 0) is 18.2 Å². The maximum atomic E-state index is 12.4. The molecule has 128 valence electrons. The van der Waals surface area contributed by atoms with Crippen LogP contribution in [0, 0.1) is 0 Å². The van der Waals surface area contributed by atoms with Crippen molar-refractivity contribution in [1.82, 2.24) is 9.55 Å². The number of thiazole rings is 1. The molecule has 2 aromatic heterocycles. The van der Waals surface area contributed by atoms with Gasteiger partial charge < -0.3 is 5.11 Å². The summed E-state index contributed by atoms with van der Waals surface area (Å²) < 4.78 is 1.61. The lowest BCUT2D eigenvalue weighted by molar-refractivity contribution is -0.112. The Morgan fingerprint density at radius 3 is 2.88 bits per heavy atom. The number of aromatic nitrogens is 2. The Hall–Kier alpha value is -3.32. The summed E-state index contributed by atoms with van der Waals surface area (Å²) >= 11 is 1.24. The van der Waals surface area contributed by atoms with E-state index in [1.807, 2.05) is 24.3 Å². The van der Waals surface area contributed by atoms with Crippen LogP contribution in [-0.4, -0.2) is 20.6 Å². The van der Waals surface area contributed by atoms with Gasteiger partial charge in [0.25, 0.3) is 5.91 Å². The molecule has 6 nitrogen and oxygen atoms in total. The molecule has 7 heteroatoms. The highest BCUT2D eigenvalue weighted by molar-refractivity contribution is 7.11. The first-order valence-electron chi connectivity index (χ1n) is 7.90. The Balaban J connectivity index is 2.00. The SMILES string of the molecule is C=CCn1c(O)c(C2=c3ccccc3=NC2=O)sc1=Nc1cccnc1. The van der Waals surface area contributed by atoms with E-state index in [0.717, 1.165) is 0 Å². The summed E-state index contributed by atoms with van der Waals surface area (Å²) in [6.07, 6.45) is 4.96. The fourth-order valence-corrected chi connectivity index (χ4v) is 3.86. The first-order chi connectivity index (χ1) is 12.7. The molecule has 1 aliphatic heterocycles. The van der Waals surface area contributed by atoms with Crippen molar-refractivity contribution in [3.05, 3.63) is 81.7 Å². The quantitative estimate of drug-likeness (QED) is 0.713. The molecule has 0 saturated carbocycles. The number of aromatic hydroxyl groups is 1. The van der Waals surface area contributed by atoms with Crippen LogP contribution in [0.3, 0.4) is 0 Å². The van der Waals surface area contributed by atoms with Crippen LogP contribution >= 0.6 is 11.3 Å². The van der Waals surface area contributed by atoms with Gasteiger partial charge in [-0.1, -0.05) is 35.6 Å². The number of amides is 1. The Morgan fingerprint density at radius 2 is 2.12 bits per heavy atom. The Bertz CT molecular complexity index is 1210. The van der Waals surface area contributed by atoms with Crippen molar-refractivity contribution in [1.29, 1.82) is 0 Å². The molecule has 26 heavy (non-hydrogen) atoms. The molecule has 3 heterocycles. The monoisotopic (exact) mass is 362 g/mol. The number of pyridine rings is 1. The number of para-hydroxylation sites is 1. The van der Waals surface area contributed by atoms with Crippen molar-refractivity contribution in [3.8, 4) is 5.88 Å². The third kappa shape index (κ3) is 2.68. The molecule has 0 fully saturated rings. The van der Waals surface area contributed by atoms with Gasteiger partial charge in [0.05, 0.1) is 22.8 Å². The average molecular weight is 362 g/mol. The highest BCUT2D eigenvalue weighted by Gasteiger charge is 2.25. The summed E-state index contributed by atoms with van der Waals surface area (Å²) in [5.74, 6) is -0.380. The van der Waals surface area contributed by atoms with Gasteiger partial charge in [-0.15, -0.1) is 6.58 Å². The van der Waals surface area contributed by atoms with Crippen molar-refractivity contribution in [2.45, 2.75) is 6.54 Å². The predicted octanol–water partition coefficient (Wildman–Crippen LogP) is 1.43. The zero-order chi connectivity index (χ0) is 18.1. The number of benzene rings is 1. The van der Waals surface area contributed by atoms with E-state index in [4.69, 9.17) is 0 Å². The van der Waals surface area contributed by atoms with Crippen LogP contribution in [0.4, 0.5) is 5.69 Å². The normalized spacial score (nSPS) is 13.6. The second kappa shape index (κ2) is 6.53. The Kier molecular flexibility index (Phi) is 4.06. The number of carbonyl (C=O) groups excluding carboxylic acids is 1. The highest BCUT2D eigenvalue weighted by Crippen LogP contribution is 2.28. The molecule has 0 spiro atoms. The van der Waals surface area contributed by atoms with Gasteiger partial charge in [0.1, 0.15) is 4.88 Å². The number of hydrogen-bond acceptors (Lipinski definition) is 5. The summed E-state index contributed by atoms with van der Waals surface area (Å²) in [5, 5.41) is 12.1. The average Bonchev–Trinajstić information content (AvgIpc) is 3.13. The Morgan fingerprint density at radius 1 is 1.27 bits per heavy atom. The molecular formula is C19H14N4O2S. The van der Waals surface area contributed by atoms with Gasteiger partial charge in [0.2, 0.25) is 5.88 Å². The number of rotatable bonds is 4. The lowest BCUT2D eigenvalue weighted by Crippen LogP contribution is -2.22. The molecule has 0 saturated heterocycles. The van der Waals surface area contributed by atoms with Crippen LogP contribution < -0.4 is 15.4 Å². The van der Waals surface area contributed by atoms with E-state index in [2.05, 4.69) is 21.5 Å². The van der Waals surface area contributed by atoms with E-state index in [1.54, 1.807) is 35.2 Å². The standard InChI is InChI=1S/C19H14N4O2S/c1-2-10-23-18(25)16(26-19(23)21-12-6-5-9-20-11-12)15-13-7-3-4-8-14(13)22-17(15)24/h2-9,11,25H,1,10H2. The number of fused-ring (bicyclic) bond motifs is 1. The van der Waals surface area contributed by atoms with Crippen molar-refractivity contribution < 1.29 is 9.90 Å². The first kappa shape index (κ1) is 16.2. The summed E-state index contributed by atoms with van der Waals surface area (Å²) in [6.45, 7) is 4.09. The van der Waals surface area contributed by atoms with Crippen LogP contribution in [0.2, 0.25) is 0 Å². The van der Waals surface area contributed by atoms with Crippen LogP contribution in [-0.2, 0) is 11.3 Å². The van der Waals surface area contributed by atoms with Gasteiger partial charge in [0.15, 0.2) is 4.80 Å². The third-order valence-electron chi connectivity index (χ3n) is 3.90. The van der Waals surface area contributed by atoms with Gasteiger partial charge in [0, 0.05) is 18.0 Å². The topological polar surface area (TPSA) is 79.8 Å². The molecule has 0 aliphatic carbocycles. The lowest BCUT2D eigenvalue weighted by atomic mass is 10.1. The lowest BCUT2D eigenvalue weighted by Gasteiger charge is -2.02. The molecule has 1 aliphatic rings. The molecule has 0 bridgehead atoms. The minimum absolute atomic E-state index is 0.0206. The minimum atomic E-state index is -0.360. The second-order valence-corrected chi connectivity index (χ2v) is 6.55. The second-order valence-electron chi connectivity index (χ2n) is 5.57. The van der Waals surface area contributed by atoms with Crippen LogP contribution in [0.15, 0.2) is 71.4 Å². The van der Waals surface area contributed by atoms with Gasteiger partial charge in [-0.25, -0.2) is 9.98 Å². The summed E-state index contributed by atoms with van der Waals surface area (Å²) in [6, 6.07) is 10.9. The van der Waals surface area contributed by atoms with Gasteiger partial charge in [-0.3, -0.25) is 14.3 Å². The van der Waals surface area contributed by atoms with E-state index < -0.39 is 0 Å². The van der Waals surface area contributed by atoms with E-state index >= 15 is 0 Å². The Labute approximate surface area is 152 Å². The number of carbonyl (C=O) groups is 1. The predicted molar refractivity (Wildman–Crippen MR) is 98.4 cm³/mol. The fourth-order valence-electron chi connectivity index (χ4n) is 2.76. The van der Waals surface area contributed by atoms with Crippen molar-refractivity contribution >= 4 is 28.5 Å².